The Labute approximate surface area is 116 Å². The topological polar surface area (TPSA) is 32.3 Å². The molecule has 0 amide bonds. The molecule has 18 heavy (non-hydrogen) atoms. The number of phenolic OH excluding ortho intramolecular Hbond substituents is 1. The number of benzene rings is 2. The number of halogens is 2. The van der Waals surface area contributed by atoms with Crippen molar-refractivity contribution in [3.05, 3.63) is 57.6 Å². The molecule has 0 aliphatic carbocycles. The van der Waals surface area contributed by atoms with Gasteiger partial charge in [0, 0.05) is 27.8 Å². The summed E-state index contributed by atoms with van der Waals surface area (Å²) < 4.78 is 0. The van der Waals surface area contributed by atoms with E-state index in [-0.39, 0.29) is 5.75 Å². The Morgan fingerprint density at radius 2 is 1.72 bits per heavy atom. The number of aromatic hydroxyl groups is 1. The number of rotatable bonds is 3. The van der Waals surface area contributed by atoms with E-state index in [4.69, 9.17) is 23.2 Å². The van der Waals surface area contributed by atoms with Gasteiger partial charge in [0.1, 0.15) is 5.75 Å². The molecule has 94 valence electrons. The van der Waals surface area contributed by atoms with Crippen LogP contribution in [-0.2, 0) is 6.54 Å². The normalized spacial score (nSPS) is 10.4. The van der Waals surface area contributed by atoms with Crippen LogP contribution in [0.2, 0.25) is 10.0 Å². The fourth-order valence-corrected chi connectivity index (χ4v) is 2.12. The third kappa shape index (κ3) is 2.71. The number of nitrogens with one attached hydrogen (secondary N) is 1. The van der Waals surface area contributed by atoms with Crippen molar-refractivity contribution in [1.82, 2.24) is 0 Å². The summed E-state index contributed by atoms with van der Waals surface area (Å²) in [6.45, 7) is 2.39. The average molecular weight is 282 g/mol. The van der Waals surface area contributed by atoms with E-state index >= 15 is 0 Å². The number of hydrogen-bond donors (Lipinski definition) is 2. The summed E-state index contributed by atoms with van der Waals surface area (Å²) in [5.41, 5.74) is 2.59. The molecule has 2 N–H and O–H groups in total. The van der Waals surface area contributed by atoms with Gasteiger partial charge in [0.2, 0.25) is 0 Å². The number of hydrogen-bond acceptors (Lipinski definition) is 2. The SMILES string of the molecule is Cc1c(Cl)cccc1NCc1c(O)cccc1Cl. The molecule has 2 aromatic rings. The first-order valence-corrected chi connectivity index (χ1v) is 6.30. The third-order valence-electron chi connectivity index (χ3n) is 2.82. The molecule has 0 aliphatic heterocycles. The van der Waals surface area contributed by atoms with Crippen molar-refractivity contribution < 1.29 is 5.11 Å². The highest BCUT2D eigenvalue weighted by Gasteiger charge is 2.07. The molecule has 0 unspecified atom stereocenters. The highest BCUT2D eigenvalue weighted by Crippen LogP contribution is 2.28. The molecule has 4 heteroatoms. The van der Waals surface area contributed by atoms with E-state index in [1.807, 2.05) is 25.1 Å². The smallest absolute Gasteiger partial charge is 0.122 e. The predicted molar refractivity (Wildman–Crippen MR) is 76.6 cm³/mol. The number of phenols is 1. The number of anilines is 1. The molecule has 0 radical (unpaired) electrons. The van der Waals surface area contributed by atoms with Crippen LogP contribution in [0.1, 0.15) is 11.1 Å². The molecule has 0 aliphatic rings. The highest BCUT2D eigenvalue weighted by atomic mass is 35.5. The van der Waals surface area contributed by atoms with Crippen LogP contribution >= 0.6 is 23.2 Å². The Kier molecular flexibility index (Phi) is 4.00. The van der Waals surface area contributed by atoms with Gasteiger partial charge in [-0.1, -0.05) is 35.3 Å². The van der Waals surface area contributed by atoms with Gasteiger partial charge in [-0.2, -0.15) is 0 Å². The maximum Gasteiger partial charge on any atom is 0.122 e. The summed E-state index contributed by atoms with van der Waals surface area (Å²) >= 11 is 12.1. The fraction of sp³-hybridized carbons (Fsp3) is 0.143. The van der Waals surface area contributed by atoms with Crippen LogP contribution in [0.25, 0.3) is 0 Å². The van der Waals surface area contributed by atoms with E-state index in [1.54, 1.807) is 18.2 Å². The maximum atomic E-state index is 9.74. The molecule has 2 aromatic carbocycles. The Hall–Kier alpha value is -1.38. The third-order valence-corrected chi connectivity index (χ3v) is 3.58. The lowest BCUT2D eigenvalue weighted by Crippen LogP contribution is -2.02. The molecule has 0 spiro atoms. The fourth-order valence-electron chi connectivity index (χ4n) is 1.70. The standard InChI is InChI=1S/C14H13Cl2NO/c1-9-11(15)4-2-6-13(9)17-8-10-12(16)5-3-7-14(10)18/h2-7,17-18H,8H2,1H3. The summed E-state index contributed by atoms with van der Waals surface area (Å²) in [7, 11) is 0. The van der Waals surface area contributed by atoms with E-state index < -0.39 is 0 Å². The zero-order valence-electron chi connectivity index (χ0n) is 9.87. The van der Waals surface area contributed by atoms with Crippen LogP contribution in [0, 0.1) is 6.92 Å². The van der Waals surface area contributed by atoms with Crippen molar-refractivity contribution in [1.29, 1.82) is 0 Å². The molecule has 0 atom stereocenters. The van der Waals surface area contributed by atoms with Gasteiger partial charge < -0.3 is 10.4 Å². The molecule has 2 rings (SSSR count). The Balaban J connectivity index is 2.19. The van der Waals surface area contributed by atoms with E-state index in [9.17, 15) is 5.11 Å². The van der Waals surface area contributed by atoms with Crippen molar-refractivity contribution in [2.45, 2.75) is 13.5 Å². The van der Waals surface area contributed by atoms with Crippen molar-refractivity contribution in [3.63, 3.8) is 0 Å². The van der Waals surface area contributed by atoms with Crippen molar-refractivity contribution in [3.8, 4) is 5.75 Å². The molecule has 0 heterocycles. The summed E-state index contributed by atoms with van der Waals surface area (Å²) in [4.78, 5) is 0. The summed E-state index contributed by atoms with van der Waals surface area (Å²) in [6, 6.07) is 10.7. The van der Waals surface area contributed by atoms with Crippen molar-refractivity contribution in [2.75, 3.05) is 5.32 Å². The van der Waals surface area contributed by atoms with Gasteiger partial charge in [0.05, 0.1) is 0 Å². The van der Waals surface area contributed by atoms with Gasteiger partial charge in [-0.3, -0.25) is 0 Å². The molecule has 0 bridgehead atoms. The summed E-state index contributed by atoms with van der Waals surface area (Å²) in [5.74, 6) is 0.190. The van der Waals surface area contributed by atoms with Crippen LogP contribution in [0.15, 0.2) is 36.4 Å². The zero-order chi connectivity index (χ0) is 13.1. The van der Waals surface area contributed by atoms with Gasteiger partial charge in [-0.05, 0) is 36.8 Å². The Morgan fingerprint density at radius 3 is 2.44 bits per heavy atom. The predicted octanol–water partition coefficient (Wildman–Crippen LogP) is 4.62. The van der Waals surface area contributed by atoms with E-state index in [2.05, 4.69) is 5.32 Å². The minimum Gasteiger partial charge on any atom is -0.508 e. The van der Waals surface area contributed by atoms with Crippen LogP contribution in [0.5, 0.6) is 5.75 Å². The van der Waals surface area contributed by atoms with Gasteiger partial charge in [-0.25, -0.2) is 0 Å². The van der Waals surface area contributed by atoms with E-state index in [1.165, 1.54) is 0 Å². The Morgan fingerprint density at radius 1 is 1.06 bits per heavy atom. The van der Waals surface area contributed by atoms with E-state index in [0.717, 1.165) is 11.3 Å². The van der Waals surface area contributed by atoms with Crippen molar-refractivity contribution >= 4 is 28.9 Å². The summed E-state index contributed by atoms with van der Waals surface area (Å²) in [5, 5.41) is 14.2. The molecular weight excluding hydrogens is 269 g/mol. The van der Waals surface area contributed by atoms with Gasteiger partial charge in [0.15, 0.2) is 0 Å². The second-order valence-corrected chi connectivity index (χ2v) is 4.82. The van der Waals surface area contributed by atoms with Crippen LogP contribution in [-0.4, -0.2) is 5.11 Å². The quantitative estimate of drug-likeness (QED) is 0.861. The second-order valence-electron chi connectivity index (χ2n) is 4.00. The molecule has 2 nitrogen and oxygen atoms in total. The highest BCUT2D eigenvalue weighted by molar-refractivity contribution is 6.32. The first-order valence-electron chi connectivity index (χ1n) is 5.55. The van der Waals surface area contributed by atoms with Crippen LogP contribution in [0.3, 0.4) is 0 Å². The minimum atomic E-state index is 0.190. The monoisotopic (exact) mass is 281 g/mol. The maximum absolute atomic E-state index is 9.74. The largest absolute Gasteiger partial charge is 0.508 e. The lowest BCUT2D eigenvalue weighted by Gasteiger charge is -2.12. The minimum absolute atomic E-state index is 0.190. The Bertz CT molecular complexity index is 549. The lowest BCUT2D eigenvalue weighted by atomic mass is 10.1. The molecule has 0 saturated heterocycles. The lowest BCUT2D eigenvalue weighted by molar-refractivity contribution is 0.469. The zero-order valence-corrected chi connectivity index (χ0v) is 11.4. The summed E-state index contributed by atoms with van der Waals surface area (Å²) in [6.07, 6.45) is 0. The second kappa shape index (κ2) is 5.51. The average Bonchev–Trinajstić information content (AvgIpc) is 2.33. The molecule has 0 saturated carbocycles. The van der Waals surface area contributed by atoms with Gasteiger partial charge >= 0.3 is 0 Å². The molecular formula is C14H13Cl2NO. The molecule has 0 fully saturated rings. The van der Waals surface area contributed by atoms with Gasteiger partial charge in [0.25, 0.3) is 0 Å². The van der Waals surface area contributed by atoms with Crippen molar-refractivity contribution in [2.24, 2.45) is 0 Å². The van der Waals surface area contributed by atoms with Crippen LogP contribution in [0.4, 0.5) is 5.69 Å². The van der Waals surface area contributed by atoms with Gasteiger partial charge in [-0.15, -0.1) is 0 Å². The molecule has 0 aromatic heterocycles. The first kappa shape index (κ1) is 13.1. The first-order chi connectivity index (χ1) is 8.59. The van der Waals surface area contributed by atoms with E-state index in [0.29, 0.717) is 22.2 Å². The van der Waals surface area contributed by atoms with Crippen LogP contribution < -0.4 is 5.32 Å².